The largest absolute Gasteiger partial charge is 0.313 e. The summed E-state index contributed by atoms with van der Waals surface area (Å²) < 4.78 is 2.11. The van der Waals surface area contributed by atoms with Gasteiger partial charge >= 0.3 is 0 Å². The molecule has 0 aliphatic rings. The van der Waals surface area contributed by atoms with E-state index in [2.05, 4.69) is 67.3 Å². The average Bonchev–Trinajstić information content (AvgIpc) is 2.44. The molecule has 1 aromatic heterocycles. The zero-order valence-corrected chi connectivity index (χ0v) is 15.2. The Labute approximate surface area is 141 Å². The number of nitrogens with zero attached hydrogens (tertiary/aromatic N) is 1. The maximum absolute atomic E-state index is 4.42. The summed E-state index contributed by atoms with van der Waals surface area (Å²) >= 11 is 8.78. The quantitative estimate of drug-likeness (QED) is 0.651. The van der Waals surface area contributed by atoms with Crippen LogP contribution in [0.2, 0.25) is 0 Å². The third kappa shape index (κ3) is 4.58. The molecule has 0 fully saturated rings. The van der Waals surface area contributed by atoms with Crippen LogP contribution in [-0.2, 0) is 6.54 Å². The number of halogens is 2. The molecule has 0 aliphatic heterocycles. The highest BCUT2D eigenvalue weighted by Gasteiger charge is 2.08. The van der Waals surface area contributed by atoms with E-state index in [4.69, 9.17) is 0 Å². The SMILES string of the molecule is CCCNCc1ccc(Br)cc1Sc1ncccc1Br. The van der Waals surface area contributed by atoms with Crippen LogP contribution in [0.25, 0.3) is 0 Å². The molecule has 5 heteroatoms. The van der Waals surface area contributed by atoms with E-state index in [9.17, 15) is 0 Å². The van der Waals surface area contributed by atoms with Crippen molar-refractivity contribution in [3.8, 4) is 0 Å². The first-order valence-corrected chi connectivity index (χ1v) is 8.88. The van der Waals surface area contributed by atoms with E-state index < -0.39 is 0 Å². The van der Waals surface area contributed by atoms with Gasteiger partial charge in [0.05, 0.1) is 4.47 Å². The molecule has 2 rings (SSSR count). The van der Waals surface area contributed by atoms with Crippen molar-refractivity contribution in [3.63, 3.8) is 0 Å². The number of aromatic nitrogens is 1. The zero-order chi connectivity index (χ0) is 14.4. The molecule has 0 atom stereocenters. The minimum absolute atomic E-state index is 0.883. The second-order valence-corrected chi connectivity index (χ2v) is 7.12. The molecular formula is C15H16Br2N2S. The molecule has 0 aliphatic carbocycles. The molecule has 1 aromatic carbocycles. The van der Waals surface area contributed by atoms with E-state index in [0.717, 1.165) is 33.5 Å². The molecule has 2 aromatic rings. The van der Waals surface area contributed by atoms with Gasteiger partial charge in [-0.25, -0.2) is 4.98 Å². The first-order valence-electron chi connectivity index (χ1n) is 6.48. The zero-order valence-electron chi connectivity index (χ0n) is 11.2. The van der Waals surface area contributed by atoms with E-state index >= 15 is 0 Å². The summed E-state index contributed by atoms with van der Waals surface area (Å²) in [6.07, 6.45) is 2.96. The van der Waals surface area contributed by atoms with Crippen LogP contribution < -0.4 is 5.32 Å². The molecule has 2 nitrogen and oxygen atoms in total. The minimum atomic E-state index is 0.883. The predicted octanol–water partition coefficient (Wildman–Crippen LogP) is 5.26. The van der Waals surface area contributed by atoms with Gasteiger partial charge in [-0.05, 0) is 58.7 Å². The first kappa shape index (κ1) is 16.0. The Morgan fingerprint density at radius 1 is 1.25 bits per heavy atom. The smallest absolute Gasteiger partial charge is 0.115 e. The normalized spacial score (nSPS) is 10.8. The summed E-state index contributed by atoms with van der Waals surface area (Å²) in [4.78, 5) is 5.65. The Morgan fingerprint density at radius 3 is 2.85 bits per heavy atom. The van der Waals surface area contributed by atoms with E-state index in [1.807, 2.05) is 18.3 Å². The third-order valence-corrected chi connectivity index (χ3v) is 5.22. The summed E-state index contributed by atoms with van der Waals surface area (Å²) in [5.74, 6) is 0. The van der Waals surface area contributed by atoms with E-state index in [-0.39, 0.29) is 0 Å². The van der Waals surface area contributed by atoms with Gasteiger partial charge < -0.3 is 5.32 Å². The first-order chi connectivity index (χ1) is 9.70. The van der Waals surface area contributed by atoms with Crippen molar-refractivity contribution in [2.45, 2.75) is 29.8 Å². The van der Waals surface area contributed by atoms with Crippen molar-refractivity contribution in [1.82, 2.24) is 10.3 Å². The van der Waals surface area contributed by atoms with Gasteiger partial charge in [0.2, 0.25) is 0 Å². The molecule has 0 amide bonds. The fourth-order valence-corrected chi connectivity index (χ4v) is 3.67. The molecule has 106 valence electrons. The van der Waals surface area contributed by atoms with Crippen LogP contribution in [0, 0.1) is 0 Å². The number of hydrogen-bond donors (Lipinski definition) is 1. The van der Waals surface area contributed by atoms with Crippen molar-refractivity contribution >= 4 is 43.6 Å². The number of hydrogen-bond acceptors (Lipinski definition) is 3. The van der Waals surface area contributed by atoms with Crippen LogP contribution in [0.1, 0.15) is 18.9 Å². The maximum Gasteiger partial charge on any atom is 0.115 e. The third-order valence-electron chi connectivity index (χ3n) is 2.70. The van der Waals surface area contributed by atoms with Gasteiger partial charge in [0, 0.05) is 22.1 Å². The molecule has 0 saturated carbocycles. The minimum Gasteiger partial charge on any atom is -0.313 e. The molecular weight excluding hydrogens is 400 g/mol. The number of benzene rings is 1. The Bertz CT molecular complexity index is 576. The lowest BCUT2D eigenvalue weighted by molar-refractivity contribution is 0.669. The number of nitrogens with one attached hydrogen (secondary N) is 1. The number of pyridine rings is 1. The van der Waals surface area contributed by atoms with E-state index in [0.29, 0.717) is 0 Å². The van der Waals surface area contributed by atoms with Gasteiger partial charge in [0.25, 0.3) is 0 Å². The van der Waals surface area contributed by atoms with E-state index in [1.165, 1.54) is 10.5 Å². The van der Waals surface area contributed by atoms with Crippen molar-refractivity contribution < 1.29 is 0 Å². The Hall–Kier alpha value is -0.360. The second-order valence-electron chi connectivity index (χ2n) is 4.32. The molecule has 1 N–H and O–H groups in total. The predicted molar refractivity (Wildman–Crippen MR) is 92.2 cm³/mol. The van der Waals surface area contributed by atoms with Crippen molar-refractivity contribution in [2.75, 3.05) is 6.54 Å². The monoisotopic (exact) mass is 414 g/mol. The van der Waals surface area contributed by atoms with Crippen LogP contribution >= 0.6 is 43.6 Å². The topological polar surface area (TPSA) is 24.9 Å². The lowest BCUT2D eigenvalue weighted by Gasteiger charge is -2.11. The molecule has 0 spiro atoms. The second kappa shape index (κ2) is 8.17. The summed E-state index contributed by atoms with van der Waals surface area (Å²) in [6, 6.07) is 10.3. The van der Waals surface area contributed by atoms with Gasteiger partial charge in [-0.3, -0.25) is 0 Å². The fourth-order valence-electron chi connectivity index (χ4n) is 1.72. The molecule has 0 bridgehead atoms. The molecule has 20 heavy (non-hydrogen) atoms. The van der Waals surface area contributed by atoms with Crippen molar-refractivity contribution in [3.05, 3.63) is 51.0 Å². The number of rotatable bonds is 6. The molecule has 0 radical (unpaired) electrons. The van der Waals surface area contributed by atoms with Crippen molar-refractivity contribution in [1.29, 1.82) is 0 Å². The Kier molecular flexibility index (Phi) is 6.55. The van der Waals surface area contributed by atoms with Crippen LogP contribution in [0.4, 0.5) is 0 Å². The summed E-state index contributed by atoms with van der Waals surface area (Å²) in [5.41, 5.74) is 1.30. The fraction of sp³-hybridized carbons (Fsp3) is 0.267. The Morgan fingerprint density at radius 2 is 2.10 bits per heavy atom. The average molecular weight is 416 g/mol. The highest BCUT2D eigenvalue weighted by Crippen LogP contribution is 2.35. The van der Waals surface area contributed by atoms with E-state index in [1.54, 1.807) is 11.8 Å². The van der Waals surface area contributed by atoms with Gasteiger partial charge in [0.1, 0.15) is 5.03 Å². The molecule has 0 saturated heterocycles. The highest BCUT2D eigenvalue weighted by molar-refractivity contribution is 9.10. The summed E-state index contributed by atoms with van der Waals surface area (Å²) in [7, 11) is 0. The highest BCUT2D eigenvalue weighted by atomic mass is 79.9. The summed E-state index contributed by atoms with van der Waals surface area (Å²) in [5, 5.41) is 4.44. The summed E-state index contributed by atoms with van der Waals surface area (Å²) in [6.45, 7) is 4.09. The molecule has 1 heterocycles. The lowest BCUT2D eigenvalue weighted by Crippen LogP contribution is -2.14. The van der Waals surface area contributed by atoms with Gasteiger partial charge in [-0.1, -0.05) is 40.7 Å². The van der Waals surface area contributed by atoms with Crippen LogP contribution in [0.5, 0.6) is 0 Å². The van der Waals surface area contributed by atoms with Crippen LogP contribution in [0.3, 0.4) is 0 Å². The van der Waals surface area contributed by atoms with Crippen LogP contribution in [0.15, 0.2) is 55.4 Å². The van der Waals surface area contributed by atoms with Crippen LogP contribution in [-0.4, -0.2) is 11.5 Å². The van der Waals surface area contributed by atoms with Gasteiger partial charge in [-0.15, -0.1) is 0 Å². The van der Waals surface area contributed by atoms with Gasteiger partial charge in [-0.2, -0.15) is 0 Å². The van der Waals surface area contributed by atoms with Crippen molar-refractivity contribution in [2.24, 2.45) is 0 Å². The lowest BCUT2D eigenvalue weighted by atomic mass is 10.2. The Balaban J connectivity index is 2.21. The molecule has 0 unspecified atom stereocenters. The standard InChI is InChI=1S/C15H16Br2N2S/c1-2-7-18-10-11-5-6-12(16)9-14(11)20-15-13(17)4-3-8-19-15/h3-6,8-9,18H,2,7,10H2,1H3. The van der Waals surface area contributed by atoms with Gasteiger partial charge in [0.15, 0.2) is 0 Å². The maximum atomic E-state index is 4.42.